The molecule has 1 aliphatic carbocycles. The van der Waals surface area contributed by atoms with E-state index in [1.165, 1.54) is 25.7 Å². The SMILES string of the molecule is CN(CC(=O)N1CC[C@@]23O[C@@H](c4ccccc4)CN2C(=O)C[C@@H]13)C1CCCC1. The van der Waals surface area contributed by atoms with Crippen molar-refractivity contribution in [2.24, 2.45) is 0 Å². The molecule has 4 aliphatic rings. The number of hydrogen-bond donors (Lipinski definition) is 0. The Bertz CT molecular complexity index is 764. The molecule has 2 amide bonds. The number of carbonyl (C=O) groups excluding carboxylic acids is 2. The lowest BCUT2D eigenvalue weighted by atomic mass is 10.1. The van der Waals surface area contributed by atoms with Crippen molar-refractivity contribution < 1.29 is 14.3 Å². The van der Waals surface area contributed by atoms with E-state index in [-0.39, 0.29) is 24.0 Å². The second-order valence-electron chi connectivity index (χ2n) is 8.78. The maximum Gasteiger partial charge on any atom is 0.237 e. The normalized spacial score (nSPS) is 32.4. The summed E-state index contributed by atoms with van der Waals surface area (Å²) in [5.41, 5.74) is 0.475. The predicted octanol–water partition coefficient (Wildman–Crippen LogP) is 2.16. The molecule has 6 nitrogen and oxygen atoms in total. The Labute approximate surface area is 166 Å². The van der Waals surface area contributed by atoms with Crippen LogP contribution in [0.15, 0.2) is 30.3 Å². The summed E-state index contributed by atoms with van der Waals surface area (Å²) in [5, 5.41) is 0. The van der Waals surface area contributed by atoms with Gasteiger partial charge >= 0.3 is 0 Å². The maximum absolute atomic E-state index is 13.1. The van der Waals surface area contributed by atoms with E-state index in [0.29, 0.717) is 38.5 Å². The second kappa shape index (κ2) is 6.85. The third-order valence-electron chi connectivity index (χ3n) is 7.25. The minimum atomic E-state index is -0.626. The molecule has 1 aromatic carbocycles. The van der Waals surface area contributed by atoms with Gasteiger partial charge < -0.3 is 14.5 Å². The Morgan fingerprint density at radius 3 is 2.75 bits per heavy atom. The summed E-state index contributed by atoms with van der Waals surface area (Å²) >= 11 is 0. The van der Waals surface area contributed by atoms with Gasteiger partial charge in [-0.05, 0) is 25.5 Å². The number of likely N-dealkylation sites (tertiary alicyclic amines) is 1. The molecule has 3 heterocycles. The zero-order chi connectivity index (χ0) is 19.3. The van der Waals surface area contributed by atoms with E-state index in [1.54, 1.807) is 0 Å². The Morgan fingerprint density at radius 2 is 2.00 bits per heavy atom. The number of carbonyl (C=O) groups is 2. The van der Waals surface area contributed by atoms with Gasteiger partial charge in [-0.2, -0.15) is 0 Å². The van der Waals surface area contributed by atoms with Crippen LogP contribution in [-0.4, -0.2) is 71.0 Å². The van der Waals surface area contributed by atoms with Gasteiger partial charge in [0.2, 0.25) is 11.8 Å². The lowest BCUT2D eigenvalue weighted by Crippen LogP contribution is -2.50. The number of ether oxygens (including phenoxy) is 1. The van der Waals surface area contributed by atoms with Crippen molar-refractivity contribution in [1.82, 2.24) is 14.7 Å². The first-order chi connectivity index (χ1) is 13.6. The van der Waals surface area contributed by atoms with Crippen LogP contribution in [0.3, 0.4) is 0 Å². The molecule has 0 aromatic heterocycles. The largest absolute Gasteiger partial charge is 0.343 e. The lowest BCUT2D eigenvalue weighted by molar-refractivity contribution is -0.143. The molecule has 0 bridgehead atoms. The second-order valence-corrected chi connectivity index (χ2v) is 8.78. The van der Waals surface area contributed by atoms with Crippen molar-refractivity contribution in [1.29, 1.82) is 0 Å². The van der Waals surface area contributed by atoms with E-state index in [9.17, 15) is 9.59 Å². The molecule has 3 saturated heterocycles. The third-order valence-corrected chi connectivity index (χ3v) is 7.25. The molecule has 3 aliphatic heterocycles. The minimum Gasteiger partial charge on any atom is -0.343 e. The summed E-state index contributed by atoms with van der Waals surface area (Å²) < 4.78 is 6.54. The molecular formula is C22H29N3O3. The first kappa shape index (κ1) is 18.1. The molecule has 150 valence electrons. The highest BCUT2D eigenvalue weighted by Crippen LogP contribution is 2.50. The summed E-state index contributed by atoms with van der Waals surface area (Å²) in [6, 6.07) is 10.5. The molecule has 0 unspecified atom stereocenters. The molecule has 3 atom stereocenters. The van der Waals surface area contributed by atoms with Gasteiger partial charge in [0, 0.05) is 19.0 Å². The van der Waals surface area contributed by atoms with Crippen molar-refractivity contribution in [2.75, 3.05) is 26.7 Å². The van der Waals surface area contributed by atoms with Crippen molar-refractivity contribution in [3.63, 3.8) is 0 Å². The number of likely N-dealkylation sites (N-methyl/N-ethyl adjacent to an activating group) is 1. The highest BCUT2D eigenvalue weighted by molar-refractivity contribution is 5.85. The van der Waals surface area contributed by atoms with Crippen LogP contribution < -0.4 is 0 Å². The molecule has 1 saturated carbocycles. The Morgan fingerprint density at radius 1 is 1.25 bits per heavy atom. The highest BCUT2D eigenvalue weighted by Gasteiger charge is 2.64. The molecule has 1 aromatic rings. The van der Waals surface area contributed by atoms with Crippen LogP contribution in [0.2, 0.25) is 0 Å². The third kappa shape index (κ3) is 2.77. The van der Waals surface area contributed by atoms with Crippen LogP contribution in [0, 0.1) is 0 Å². The van der Waals surface area contributed by atoms with Crippen LogP contribution >= 0.6 is 0 Å². The molecule has 28 heavy (non-hydrogen) atoms. The fourth-order valence-corrected chi connectivity index (χ4v) is 5.74. The van der Waals surface area contributed by atoms with E-state index in [4.69, 9.17) is 4.74 Å². The predicted molar refractivity (Wildman–Crippen MR) is 104 cm³/mol. The van der Waals surface area contributed by atoms with Crippen LogP contribution in [-0.2, 0) is 14.3 Å². The maximum atomic E-state index is 13.1. The van der Waals surface area contributed by atoms with Crippen LogP contribution in [0.1, 0.15) is 50.2 Å². The van der Waals surface area contributed by atoms with Gasteiger partial charge in [0.05, 0.1) is 25.6 Å². The van der Waals surface area contributed by atoms with Crippen molar-refractivity contribution >= 4 is 11.8 Å². The molecule has 1 spiro atoms. The number of benzene rings is 1. The number of nitrogens with zero attached hydrogens (tertiary/aromatic N) is 3. The topological polar surface area (TPSA) is 53.1 Å². The van der Waals surface area contributed by atoms with Crippen LogP contribution in [0.25, 0.3) is 0 Å². The standard InChI is InChI=1S/C22H29N3O3/c1-23(17-9-5-6-10-17)15-21(27)24-12-11-22-19(24)13-20(26)25(22)14-18(28-22)16-7-3-2-4-8-16/h2-4,7-8,17-19H,5-6,9-15H2,1H3/t18-,19-,22+/m1/s1. The van der Waals surface area contributed by atoms with Gasteiger partial charge in [-0.3, -0.25) is 14.5 Å². The smallest absolute Gasteiger partial charge is 0.237 e. The molecule has 0 N–H and O–H groups in total. The van der Waals surface area contributed by atoms with E-state index in [2.05, 4.69) is 24.1 Å². The minimum absolute atomic E-state index is 0.107. The van der Waals surface area contributed by atoms with Gasteiger partial charge in [0.25, 0.3) is 0 Å². The van der Waals surface area contributed by atoms with Crippen molar-refractivity contribution in [3.8, 4) is 0 Å². The quantitative estimate of drug-likeness (QED) is 0.800. The van der Waals surface area contributed by atoms with E-state index in [1.807, 2.05) is 28.0 Å². The average Bonchev–Trinajstić information content (AvgIpc) is 3.45. The van der Waals surface area contributed by atoms with Gasteiger partial charge in [-0.25, -0.2) is 0 Å². The first-order valence-electron chi connectivity index (χ1n) is 10.6. The zero-order valence-corrected chi connectivity index (χ0v) is 16.5. The lowest BCUT2D eigenvalue weighted by Gasteiger charge is -2.33. The van der Waals surface area contributed by atoms with Gasteiger partial charge in [0.15, 0.2) is 5.72 Å². The summed E-state index contributed by atoms with van der Waals surface area (Å²) in [5.74, 6) is 0.253. The molecule has 6 heteroatoms. The van der Waals surface area contributed by atoms with Crippen molar-refractivity contribution in [2.45, 2.75) is 62.4 Å². The molecule has 5 rings (SSSR count). The van der Waals surface area contributed by atoms with Crippen LogP contribution in [0.4, 0.5) is 0 Å². The van der Waals surface area contributed by atoms with Gasteiger partial charge in [-0.15, -0.1) is 0 Å². The Hall–Kier alpha value is -1.92. The molecular weight excluding hydrogens is 354 g/mol. The number of rotatable bonds is 4. The van der Waals surface area contributed by atoms with Crippen molar-refractivity contribution in [3.05, 3.63) is 35.9 Å². The first-order valence-corrected chi connectivity index (χ1v) is 10.6. The summed E-state index contributed by atoms with van der Waals surface area (Å²) in [6.07, 6.45) is 5.89. The number of amides is 2. The average molecular weight is 383 g/mol. The van der Waals surface area contributed by atoms with E-state index < -0.39 is 5.72 Å². The Kier molecular flexibility index (Phi) is 4.43. The molecule has 4 fully saturated rings. The van der Waals surface area contributed by atoms with Gasteiger partial charge in [0.1, 0.15) is 6.10 Å². The summed E-state index contributed by atoms with van der Waals surface area (Å²) in [4.78, 5) is 31.9. The molecule has 0 radical (unpaired) electrons. The van der Waals surface area contributed by atoms with E-state index >= 15 is 0 Å². The van der Waals surface area contributed by atoms with Gasteiger partial charge in [-0.1, -0.05) is 43.2 Å². The number of hydrogen-bond acceptors (Lipinski definition) is 4. The highest BCUT2D eigenvalue weighted by atomic mass is 16.5. The monoisotopic (exact) mass is 383 g/mol. The summed E-state index contributed by atoms with van der Waals surface area (Å²) in [6.45, 7) is 1.70. The van der Waals surface area contributed by atoms with Crippen LogP contribution in [0.5, 0.6) is 0 Å². The zero-order valence-electron chi connectivity index (χ0n) is 16.5. The summed E-state index contributed by atoms with van der Waals surface area (Å²) in [7, 11) is 2.06. The van der Waals surface area contributed by atoms with E-state index in [0.717, 1.165) is 5.56 Å². The Balaban J connectivity index is 1.32. The fourth-order valence-electron chi connectivity index (χ4n) is 5.74. The fraction of sp³-hybridized carbons (Fsp3) is 0.636.